The molecule has 2 unspecified atom stereocenters. The summed E-state index contributed by atoms with van der Waals surface area (Å²) < 4.78 is 35.7. The maximum atomic E-state index is 14.9. The number of hydrogen-bond acceptors (Lipinski definition) is 7. The number of aryl methyl sites for hydroxylation is 1. The Kier molecular flexibility index (Phi) is 8.57. The Labute approximate surface area is 315 Å². The zero-order chi connectivity index (χ0) is 36.4. The van der Waals surface area contributed by atoms with Gasteiger partial charge in [-0.2, -0.15) is 5.10 Å². The molecular weight excluding hydrogens is 718 g/mol. The summed E-state index contributed by atoms with van der Waals surface area (Å²) in [6, 6.07) is 19.7. The van der Waals surface area contributed by atoms with Crippen molar-refractivity contribution in [2.24, 2.45) is 0 Å². The third-order valence-corrected chi connectivity index (χ3v) is 11.3. The first kappa shape index (κ1) is 34.1. The summed E-state index contributed by atoms with van der Waals surface area (Å²) in [5.74, 6) is 0.463. The minimum Gasteiger partial charge on any atom is -0.444 e. The van der Waals surface area contributed by atoms with Gasteiger partial charge in [-0.25, -0.2) is 9.37 Å². The SMILES string of the molecule is Cc1[nH]nc2c(Cl)cc(NC(=O)c3ccc4c(c3)nc(CN3CCC(c5cccc6c5OC(C)(c5ccc(Cl)cc5F)O6)CC3)n4CC3CCO3)cc12. The third-order valence-electron chi connectivity index (χ3n) is 10.8. The summed E-state index contributed by atoms with van der Waals surface area (Å²) in [5.41, 5.74) is 5.75. The number of carbonyl (C=O) groups is 1. The first-order valence-electron chi connectivity index (χ1n) is 17.9. The van der Waals surface area contributed by atoms with E-state index in [2.05, 4.69) is 31.0 Å². The maximum absolute atomic E-state index is 14.9. The Morgan fingerprint density at radius 2 is 1.89 bits per heavy atom. The largest absolute Gasteiger partial charge is 0.444 e. The van der Waals surface area contributed by atoms with Crippen LogP contribution in [0, 0.1) is 12.7 Å². The molecule has 2 N–H and O–H groups in total. The Bertz CT molecular complexity index is 2400. The number of benzene rings is 4. The van der Waals surface area contributed by atoms with Crippen molar-refractivity contribution in [2.45, 2.75) is 64.0 Å². The molecule has 5 heterocycles. The zero-order valence-electron chi connectivity index (χ0n) is 29.2. The summed E-state index contributed by atoms with van der Waals surface area (Å²) in [7, 11) is 0. The predicted molar refractivity (Wildman–Crippen MR) is 202 cm³/mol. The summed E-state index contributed by atoms with van der Waals surface area (Å²) >= 11 is 12.5. The number of fused-ring (bicyclic) bond motifs is 3. The van der Waals surface area contributed by atoms with E-state index in [0.29, 0.717) is 57.0 Å². The number of amides is 1. The second kappa shape index (κ2) is 13.3. The van der Waals surface area contributed by atoms with Crippen molar-refractivity contribution >= 4 is 56.7 Å². The number of ether oxygens (including phenoxy) is 3. The molecule has 0 radical (unpaired) electrons. The lowest BCUT2D eigenvalue weighted by Crippen LogP contribution is -2.35. The molecule has 3 aliphatic heterocycles. The molecule has 0 saturated carbocycles. The lowest BCUT2D eigenvalue weighted by atomic mass is 9.88. The Morgan fingerprint density at radius 1 is 1.06 bits per heavy atom. The van der Waals surface area contributed by atoms with Gasteiger partial charge in [0.2, 0.25) is 0 Å². The zero-order valence-corrected chi connectivity index (χ0v) is 30.7. The first-order valence-corrected chi connectivity index (χ1v) is 18.6. The number of anilines is 1. The Hall–Kier alpha value is -4.68. The monoisotopic (exact) mass is 754 g/mol. The number of nitrogens with one attached hydrogen (secondary N) is 2. The fourth-order valence-corrected chi connectivity index (χ4v) is 8.21. The number of H-pyrrole nitrogens is 1. The van der Waals surface area contributed by atoms with Crippen LogP contribution >= 0.6 is 23.2 Å². The van der Waals surface area contributed by atoms with E-state index in [9.17, 15) is 9.18 Å². The number of nitrogens with zero attached hydrogens (tertiary/aromatic N) is 4. The highest BCUT2D eigenvalue weighted by Crippen LogP contribution is 2.50. The molecule has 0 bridgehead atoms. The molecule has 4 aromatic carbocycles. The van der Waals surface area contributed by atoms with Gasteiger partial charge in [0, 0.05) is 46.4 Å². The van der Waals surface area contributed by atoms with E-state index in [-0.39, 0.29) is 17.9 Å². The van der Waals surface area contributed by atoms with Crippen LogP contribution in [0.2, 0.25) is 10.0 Å². The molecular formula is C40H37Cl2FN6O4. The topological polar surface area (TPSA) is 107 Å². The maximum Gasteiger partial charge on any atom is 0.278 e. The van der Waals surface area contributed by atoms with E-state index in [1.165, 1.54) is 6.07 Å². The normalized spacial score (nSPS) is 20.3. The van der Waals surface area contributed by atoms with Crippen LogP contribution in [0.3, 0.4) is 0 Å². The standard InChI is InChI=1S/C40H37Cl2FN6O4/c1-22-29-18-26(19-31(42)37(29)47-46-22)44-39(50)24-6-9-34-33(16-24)45-36(49(34)20-27-12-15-51-27)21-48-13-10-23(11-14-48)28-4-3-5-35-38(28)53-40(2,52-35)30-8-7-25(41)17-32(30)43/h3-9,16-19,23,27H,10-15,20-21H2,1-2H3,(H,44,50)(H,46,47). The number of aromatic amines is 1. The third kappa shape index (κ3) is 6.29. The number of rotatable bonds is 8. The highest BCUT2D eigenvalue weighted by Gasteiger charge is 2.43. The van der Waals surface area contributed by atoms with E-state index in [4.69, 9.17) is 42.4 Å². The molecule has 9 rings (SSSR count). The average molecular weight is 756 g/mol. The minimum absolute atomic E-state index is 0.139. The van der Waals surface area contributed by atoms with Crippen molar-refractivity contribution in [3.63, 3.8) is 0 Å². The Morgan fingerprint density at radius 3 is 2.66 bits per heavy atom. The van der Waals surface area contributed by atoms with Crippen molar-refractivity contribution < 1.29 is 23.4 Å². The highest BCUT2D eigenvalue weighted by molar-refractivity contribution is 6.35. The minimum atomic E-state index is -1.29. The quantitative estimate of drug-likeness (QED) is 0.160. The number of imidazole rings is 1. The van der Waals surface area contributed by atoms with Crippen LogP contribution in [0.4, 0.5) is 10.1 Å². The number of hydrogen-bond donors (Lipinski definition) is 2. The van der Waals surface area contributed by atoms with Crippen molar-refractivity contribution in [3.8, 4) is 11.5 Å². The highest BCUT2D eigenvalue weighted by atomic mass is 35.5. The lowest BCUT2D eigenvalue weighted by Gasteiger charge is -2.33. The number of piperidine rings is 1. The van der Waals surface area contributed by atoms with Crippen LogP contribution in [0.25, 0.3) is 21.9 Å². The second-order valence-corrected chi connectivity index (χ2v) is 15.1. The predicted octanol–water partition coefficient (Wildman–Crippen LogP) is 8.73. The van der Waals surface area contributed by atoms with Gasteiger partial charge in [0.25, 0.3) is 11.7 Å². The summed E-state index contributed by atoms with van der Waals surface area (Å²) in [6.07, 6.45) is 2.97. The van der Waals surface area contributed by atoms with Crippen LogP contribution in [-0.4, -0.2) is 56.4 Å². The van der Waals surface area contributed by atoms with Gasteiger partial charge in [0.05, 0.1) is 40.8 Å². The summed E-state index contributed by atoms with van der Waals surface area (Å²) in [5, 5.41) is 11.8. The molecule has 6 aromatic rings. The number of para-hydroxylation sites is 1. The Balaban J connectivity index is 0.915. The molecule has 2 aromatic heterocycles. The molecule has 272 valence electrons. The van der Waals surface area contributed by atoms with Gasteiger partial charge < -0.3 is 24.1 Å². The summed E-state index contributed by atoms with van der Waals surface area (Å²) in [6.45, 7) is 7.51. The molecule has 53 heavy (non-hydrogen) atoms. The van der Waals surface area contributed by atoms with Gasteiger partial charge in [-0.3, -0.25) is 14.8 Å². The van der Waals surface area contributed by atoms with Crippen LogP contribution in [0.1, 0.15) is 65.1 Å². The van der Waals surface area contributed by atoms with Crippen LogP contribution < -0.4 is 14.8 Å². The van der Waals surface area contributed by atoms with Gasteiger partial charge in [0.15, 0.2) is 11.5 Å². The van der Waals surface area contributed by atoms with E-state index >= 15 is 0 Å². The number of halogens is 3. The van der Waals surface area contributed by atoms with Gasteiger partial charge in [0.1, 0.15) is 17.2 Å². The van der Waals surface area contributed by atoms with Crippen LogP contribution in [0.5, 0.6) is 11.5 Å². The average Bonchev–Trinajstić information content (AvgIpc) is 3.78. The van der Waals surface area contributed by atoms with E-state index in [0.717, 1.165) is 72.5 Å². The van der Waals surface area contributed by atoms with Gasteiger partial charge in [-0.15, -0.1) is 0 Å². The van der Waals surface area contributed by atoms with Gasteiger partial charge in [-0.1, -0.05) is 35.3 Å². The molecule has 0 aliphatic carbocycles. The first-order chi connectivity index (χ1) is 25.6. The van der Waals surface area contributed by atoms with Crippen molar-refractivity contribution in [2.75, 3.05) is 25.0 Å². The van der Waals surface area contributed by atoms with Crippen molar-refractivity contribution in [1.29, 1.82) is 0 Å². The van der Waals surface area contributed by atoms with Crippen LogP contribution in [-0.2, 0) is 23.6 Å². The van der Waals surface area contributed by atoms with Gasteiger partial charge >= 0.3 is 0 Å². The van der Waals surface area contributed by atoms with E-state index < -0.39 is 11.6 Å². The molecule has 2 fully saturated rings. The number of likely N-dealkylation sites (tertiary alicyclic amines) is 1. The van der Waals surface area contributed by atoms with E-state index in [1.54, 1.807) is 25.1 Å². The fraction of sp³-hybridized carbons (Fsp3) is 0.325. The lowest BCUT2D eigenvalue weighted by molar-refractivity contribution is -0.0712. The molecule has 13 heteroatoms. The van der Waals surface area contributed by atoms with Crippen molar-refractivity contribution in [3.05, 3.63) is 111 Å². The van der Waals surface area contributed by atoms with Crippen molar-refractivity contribution in [1.82, 2.24) is 24.6 Å². The smallest absolute Gasteiger partial charge is 0.278 e. The van der Waals surface area contributed by atoms with Gasteiger partial charge in [-0.05, 0) is 99.8 Å². The summed E-state index contributed by atoms with van der Waals surface area (Å²) in [4.78, 5) is 21.0. The van der Waals surface area contributed by atoms with Crippen LogP contribution in [0.15, 0.2) is 66.7 Å². The number of carbonyl (C=O) groups excluding carboxylic acids is 1. The molecule has 2 saturated heterocycles. The molecule has 0 spiro atoms. The molecule has 2 atom stereocenters. The molecule has 10 nitrogen and oxygen atoms in total. The molecule has 1 amide bonds. The fourth-order valence-electron chi connectivity index (χ4n) is 7.79. The number of aromatic nitrogens is 4. The second-order valence-electron chi connectivity index (χ2n) is 14.3. The molecule has 3 aliphatic rings. The van der Waals surface area contributed by atoms with E-state index in [1.807, 2.05) is 43.3 Å².